The second kappa shape index (κ2) is 7.69. The van der Waals surface area contributed by atoms with Gasteiger partial charge in [0, 0.05) is 11.6 Å². The van der Waals surface area contributed by atoms with Crippen molar-refractivity contribution < 1.29 is 13.3 Å². The smallest absolute Gasteiger partial charge is 0.258 e. The number of nitrogens with one attached hydrogen (secondary N) is 1. The molecule has 0 heterocycles. The first kappa shape index (κ1) is 18.8. The Bertz CT molecular complexity index is 1010. The average molecular weight is 382 g/mol. The second-order valence-electron chi connectivity index (χ2n) is 6.08. The molecular formula is C20H18N2O4S. The molecular weight excluding hydrogens is 364 g/mol. The van der Waals surface area contributed by atoms with Crippen molar-refractivity contribution >= 4 is 15.7 Å². The summed E-state index contributed by atoms with van der Waals surface area (Å²) in [5, 5.41) is 11.2. The SMILES string of the molecule is Cc1ccc(S(=O)(=O)NC(c2ccccc2)c2ccccc2)cc1[N+](=O)[O-]. The highest BCUT2D eigenvalue weighted by Crippen LogP contribution is 2.27. The van der Waals surface area contributed by atoms with Crippen molar-refractivity contribution in [2.75, 3.05) is 0 Å². The molecule has 6 nitrogen and oxygen atoms in total. The maximum absolute atomic E-state index is 12.9. The van der Waals surface area contributed by atoms with Gasteiger partial charge in [0.2, 0.25) is 10.0 Å². The Balaban J connectivity index is 2.03. The zero-order chi connectivity index (χ0) is 19.4. The Kier molecular flexibility index (Phi) is 5.34. The third kappa shape index (κ3) is 4.21. The summed E-state index contributed by atoms with van der Waals surface area (Å²) in [4.78, 5) is 10.4. The molecule has 0 saturated heterocycles. The fourth-order valence-electron chi connectivity index (χ4n) is 2.80. The van der Waals surface area contributed by atoms with Crippen molar-refractivity contribution in [2.45, 2.75) is 17.9 Å². The summed E-state index contributed by atoms with van der Waals surface area (Å²) in [6.07, 6.45) is 0. The number of nitrogens with zero attached hydrogens (tertiary/aromatic N) is 1. The fourth-order valence-corrected chi connectivity index (χ4v) is 4.03. The molecule has 0 amide bonds. The van der Waals surface area contributed by atoms with Crippen LogP contribution in [0.2, 0.25) is 0 Å². The molecule has 138 valence electrons. The van der Waals surface area contributed by atoms with Crippen LogP contribution in [-0.4, -0.2) is 13.3 Å². The van der Waals surface area contributed by atoms with E-state index in [0.29, 0.717) is 5.56 Å². The average Bonchev–Trinajstić information content (AvgIpc) is 2.67. The maximum atomic E-state index is 12.9. The van der Waals surface area contributed by atoms with Crippen LogP contribution >= 0.6 is 0 Å². The first-order chi connectivity index (χ1) is 12.9. The standard InChI is InChI=1S/C20H18N2O4S/c1-15-12-13-18(14-19(15)22(23)24)27(25,26)21-20(16-8-4-2-5-9-16)17-10-6-3-7-11-17/h2-14,20-21H,1H3. The topological polar surface area (TPSA) is 89.3 Å². The van der Waals surface area contributed by atoms with E-state index in [2.05, 4.69) is 4.72 Å². The first-order valence-electron chi connectivity index (χ1n) is 8.26. The van der Waals surface area contributed by atoms with Crippen LogP contribution < -0.4 is 4.72 Å². The van der Waals surface area contributed by atoms with E-state index in [4.69, 9.17) is 0 Å². The molecule has 0 aromatic heterocycles. The van der Waals surface area contributed by atoms with Gasteiger partial charge in [0.25, 0.3) is 5.69 Å². The summed E-state index contributed by atoms with van der Waals surface area (Å²) in [6.45, 7) is 1.57. The lowest BCUT2D eigenvalue weighted by Crippen LogP contribution is -2.29. The van der Waals surface area contributed by atoms with Crippen molar-refractivity contribution in [2.24, 2.45) is 0 Å². The molecule has 0 saturated carbocycles. The molecule has 27 heavy (non-hydrogen) atoms. The van der Waals surface area contributed by atoms with Crippen LogP contribution in [0.1, 0.15) is 22.7 Å². The van der Waals surface area contributed by atoms with E-state index in [9.17, 15) is 18.5 Å². The Labute approximate surface area is 157 Å². The Hall–Kier alpha value is -3.03. The molecule has 0 aliphatic heterocycles. The summed E-state index contributed by atoms with van der Waals surface area (Å²) < 4.78 is 28.6. The molecule has 1 N–H and O–H groups in total. The van der Waals surface area contributed by atoms with Crippen LogP contribution in [0.25, 0.3) is 0 Å². The number of hydrogen-bond donors (Lipinski definition) is 1. The third-order valence-electron chi connectivity index (χ3n) is 4.23. The number of hydrogen-bond acceptors (Lipinski definition) is 4. The first-order valence-corrected chi connectivity index (χ1v) is 9.74. The van der Waals surface area contributed by atoms with Crippen LogP contribution in [0.4, 0.5) is 5.69 Å². The Morgan fingerprint density at radius 3 is 1.89 bits per heavy atom. The van der Waals surface area contributed by atoms with Crippen molar-refractivity contribution in [1.82, 2.24) is 4.72 Å². The Morgan fingerprint density at radius 2 is 1.41 bits per heavy atom. The summed E-state index contributed by atoms with van der Waals surface area (Å²) in [5.41, 5.74) is 1.72. The maximum Gasteiger partial charge on any atom is 0.273 e. The quantitative estimate of drug-likeness (QED) is 0.516. The van der Waals surface area contributed by atoms with Crippen LogP contribution in [0.5, 0.6) is 0 Å². The minimum Gasteiger partial charge on any atom is -0.258 e. The zero-order valence-electron chi connectivity index (χ0n) is 14.6. The van der Waals surface area contributed by atoms with Crippen molar-refractivity contribution in [3.05, 3.63) is 106 Å². The van der Waals surface area contributed by atoms with Crippen LogP contribution in [0, 0.1) is 17.0 Å². The molecule has 0 aliphatic carbocycles. The van der Waals surface area contributed by atoms with Gasteiger partial charge in [-0.3, -0.25) is 10.1 Å². The van der Waals surface area contributed by atoms with Gasteiger partial charge >= 0.3 is 0 Å². The lowest BCUT2D eigenvalue weighted by molar-refractivity contribution is -0.385. The van der Waals surface area contributed by atoms with Crippen LogP contribution in [0.15, 0.2) is 83.8 Å². The summed E-state index contributed by atoms with van der Waals surface area (Å²) in [7, 11) is -3.98. The van der Waals surface area contributed by atoms with E-state index >= 15 is 0 Å². The van der Waals surface area contributed by atoms with Crippen LogP contribution in [-0.2, 0) is 10.0 Å². The highest BCUT2D eigenvalue weighted by molar-refractivity contribution is 7.89. The summed E-state index contributed by atoms with van der Waals surface area (Å²) >= 11 is 0. The van der Waals surface area contributed by atoms with Gasteiger partial charge in [-0.15, -0.1) is 0 Å². The number of nitro benzene ring substituents is 1. The van der Waals surface area contributed by atoms with E-state index in [1.54, 1.807) is 6.92 Å². The van der Waals surface area contributed by atoms with Gasteiger partial charge in [0.15, 0.2) is 0 Å². The molecule has 3 aromatic carbocycles. The fraction of sp³-hybridized carbons (Fsp3) is 0.100. The minimum absolute atomic E-state index is 0.142. The molecule has 0 aliphatic rings. The number of nitro groups is 1. The zero-order valence-corrected chi connectivity index (χ0v) is 15.4. The molecule has 0 fully saturated rings. The summed E-state index contributed by atoms with van der Waals surface area (Å²) in [5.74, 6) is 0. The van der Waals surface area contributed by atoms with Crippen molar-refractivity contribution in [3.63, 3.8) is 0 Å². The predicted octanol–water partition coefficient (Wildman–Crippen LogP) is 3.97. The van der Waals surface area contributed by atoms with Gasteiger partial charge in [-0.1, -0.05) is 66.7 Å². The van der Waals surface area contributed by atoms with Crippen molar-refractivity contribution in [3.8, 4) is 0 Å². The minimum atomic E-state index is -3.98. The van der Waals surface area contributed by atoms with E-state index in [0.717, 1.165) is 17.2 Å². The van der Waals surface area contributed by atoms with Crippen molar-refractivity contribution in [1.29, 1.82) is 0 Å². The highest BCUT2D eigenvalue weighted by atomic mass is 32.2. The van der Waals surface area contributed by atoms with E-state index in [-0.39, 0.29) is 10.6 Å². The van der Waals surface area contributed by atoms with Gasteiger partial charge in [-0.2, -0.15) is 4.72 Å². The van der Waals surface area contributed by atoms with E-state index in [1.807, 2.05) is 60.7 Å². The van der Waals surface area contributed by atoms with E-state index in [1.165, 1.54) is 12.1 Å². The normalized spacial score (nSPS) is 11.5. The van der Waals surface area contributed by atoms with E-state index < -0.39 is 21.0 Å². The molecule has 0 unspecified atom stereocenters. The number of sulfonamides is 1. The number of rotatable bonds is 6. The molecule has 0 radical (unpaired) electrons. The molecule has 3 aromatic rings. The van der Waals surface area contributed by atoms with Gasteiger partial charge < -0.3 is 0 Å². The number of benzene rings is 3. The molecule has 3 rings (SSSR count). The molecule has 0 bridgehead atoms. The molecule has 7 heteroatoms. The lowest BCUT2D eigenvalue weighted by atomic mass is 10.00. The summed E-state index contributed by atoms with van der Waals surface area (Å²) in [6, 6.07) is 21.6. The Morgan fingerprint density at radius 1 is 0.889 bits per heavy atom. The van der Waals surface area contributed by atoms with Crippen LogP contribution in [0.3, 0.4) is 0 Å². The monoisotopic (exact) mass is 382 g/mol. The van der Waals surface area contributed by atoms with Gasteiger partial charge in [-0.25, -0.2) is 8.42 Å². The third-order valence-corrected chi connectivity index (χ3v) is 5.65. The lowest BCUT2D eigenvalue weighted by Gasteiger charge is -2.20. The van der Waals surface area contributed by atoms with Gasteiger partial charge in [-0.05, 0) is 24.1 Å². The molecule has 0 atom stereocenters. The number of aryl methyl sites for hydroxylation is 1. The van der Waals surface area contributed by atoms with Gasteiger partial charge in [0.05, 0.1) is 15.9 Å². The highest BCUT2D eigenvalue weighted by Gasteiger charge is 2.25. The second-order valence-corrected chi connectivity index (χ2v) is 7.80. The predicted molar refractivity (Wildman–Crippen MR) is 103 cm³/mol. The van der Waals surface area contributed by atoms with Gasteiger partial charge in [0.1, 0.15) is 0 Å². The molecule has 0 spiro atoms. The largest absolute Gasteiger partial charge is 0.273 e.